The third kappa shape index (κ3) is 4.04. The van der Waals surface area contributed by atoms with Crippen molar-refractivity contribution < 1.29 is 14.3 Å². The number of ether oxygens (including phenoxy) is 2. The molecule has 0 aromatic heterocycles. The molecule has 0 radical (unpaired) electrons. The van der Waals surface area contributed by atoms with Gasteiger partial charge in [-0.25, -0.2) is 0 Å². The zero-order valence-electron chi connectivity index (χ0n) is 10.6. The van der Waals surface area contributed by atoms with E-state index >= 15 is 0 Å². The monoisotopic (exact) mass is 249 g/mol. The maximum absolute atomic E-state index is 11.5. The van der Waals surface area contributed by atoms with Crippen LogP contribution in [0.3, 0.4) is 0 Å². The number of benzene rings is 1. The lowest BCUT2D eigenvalue weighted by molar-refractivity contribution is -0.123. The van der Waals surface area contributed by atoms with Crippen molar-refractivity contribution in [1.82, 2.24) is 5.32 Å². The third-order valence-corrected chi connectivity index (χ3v) is 2.94. The maximum Gasteiger partial charge on any atom is 0.258 e. The van der Waals surface area contributed by atoms with Crippen LogP contribution in [-0.4, -0.2) is 31.8 Å². The Morgan fingerprint density at radius 3 is 2.89 bits per heavy atom. The lowest BCUT2D eigenvalue weighted by atomic mass is 10.2. The van der Waals surface area contributed by atoms with Crippen LogP contribution in [-0.2, 0) is 9.53 Å². The van der Waals surface area contributed by atoms with E-state index in [2.05, 4.69) is 5.32 Å². The standard InChI is InChI=1S/C14H19NO3/c1-11-4-6-12(7-5-11)18-10-14(16)15-9-13-3-2-8-17-13/h4-7,13H,2-3,8-10H2,1H3,(H,15,16). The number of amides is 1. The van der Waals surface area contributed by atoms with E-state index in [1.165, 1.54) is 5.56 Å². The molecule has 98 valence electrons. The summed E-state index contributed by atoms with van der Waals surface area (Å²) < 4.78 is 10.8. The molecule has 0 saturated carbocycles. The molecular weight excluding hydrogens is 230 g/mol. The van der Waals surface area contributed by atoms with Gasteiger partial charge in [0.05, 0.1) is 6.10 Å². The number of nitrogens with one attached hydrogen (secondary N) is 1. The van der Waals surface area contributed by atoms with Crippen LogP contribution >= 0.6 is 0 Å². The fourth-order valence-electron chi connectivity index (χ4n) is 1.87. The molecule has 1 aromatic rings. The zero-order valence-corrected chi connectivity index (χ0v) is 10.6. The van der Waals surface area contributed by atoms with Gasteiger partial charge in [-0.1, -0.05) is 17.7 Å². The van der Waals surface area contributed by atoms with E-state index in [9.17, 15) is 4.79 Å². The van der Waals surface area contributed by atoms with Gasteiger partial charge in [-0.2, -0.15) is 0 Å². The first-order chi connectivity index (χ1) is 8.74. The summed E-state index contributed by atoms with van der Waals surface area (Å²) in [6, 6.07) is 7.64. The molecule has 4 nitrogen and oxygen atoms in total. The summed E-state index contributed by atoms with van der Waals surface area (Å²) in [4.78, 5) is 11.5. The highest BCUT2D eigenvalue weighted by Gasteiger charge is 2.16. The number of carbonyl (C=O) groups is 1. The molecule has 4 heteroatoms. The molecule has 1 fully saturated rings. The van der Waals surface area contributed by atoms with Gasteiger partial charge in [0.15, 0.2) is 6.61 Å². The topological polar surface area (TPSA) is 47.6 Å². The first-order valence-electron chi connectivity index (χ1n) is 6.32. The van der Waals surface area contributed by atoms with Crippen LogP contribution in [0.15, 0.2) is 24.3 Å². The Hall–Kier alpha value is -1.55. The molecule has 1 unspecified atom stereocenters. The highest BCUT2D eigenvalue weighted by Crippen LogP contribution is 2.12. The predicted octanol–water partition coefficient (Wildman–Crippen LogP) is 1.67. The van der Waals surface area contributed by atoms with E-state index in [1.807, 2.05) is 31.2 Å². The van der Waals surface area contributed by atoms with E-state index in [4.69, 9.17) is 9.47 Å². The van der Waals surface area contributed by atoms with Gasteiger partial charge in [-0.05, 0) is 31.9 Å². The Balaban J connectivity index is 1.66. The molecule has 1 aliphatic heterocycles. The Morgan fingerprint density at radius 1 is 1.44 bits per heavy atom. The SMILES string of the molecule is Cc1ccc(OCC(=O)NCC2CCCO2)cc1. The van der Waals surface area contributed by atoms with Crippen molar-refractivity contribution in [3.63, 3.8) is 0 Å². The summed E-state index contributed by atoms with van der Waals surface area (Å²) in [6.07, 6.45) is 2.28. The molecule has 1 aromatic carbocycles. The van der Waals surface area contributed by atoms with Gasteiger partial charge in [-0.3, -0.25) is 4.79 Å². The van der Waals surface area contributed by atoms with Gasteiger partial charge >= 0.3 is 0 Å². The second-order valence-electron chi connectivity index (χ2n) is 4.54. The molecule has 1 amide bonds. The molecule has 2 rings (SSSR count). The van der Waals surface area contributed by atoms with Gasteiger partial charge in [0, 0.05) is 13.2 Å². The smallest absolute Gasteiger partial charge is 0.258 e. The summed E-state index contributed by atoms with van der Waals surface area (Å²) in [5.74, 6) is 0.610. The summed E-state index contributed by atoms with van der Waals surface area (Å²) in [5.41, 5.74) is 1.17. The van der Waals surface area contributed by atoms with Gasteiger partial charge < -0.3 is 14.8 Å². The first kappa shape index (κ1) is 12.9. The number of aryl methyl sites for hydroxylation is 1. The van der Waals surface area contributed by atoms with Crippen LogP contribution in [0.4, 0.5) is 0 Å². The van der Waals surface area contributed by atoms with Crippen molar-refractivity contribution in [2.45, 2.75) is 25.9 Å². The van der Waals surface area contributed by atoms with Crippen molar-refractivity contribution in [1.29, 1.82) is 0 Å². The molecule has 18 heavy (non-hydrogen) atoms. The summed E-state index contributed by atoms with van der Waals surface area (Å²) >= 11 is 0. The fraction of sp³-hybridized carbons (Fsp3) is 0.500. The zero-order chi connectivity index (χ0) is 12.8. The molecule has 1 atom stereocenters. The lowest BCUT2D eigenvalue weighted by Crippen LogP contribution is -2.35. The number of hydrogen-bond acceptors (Lipinski definition) is 3. The highest BCUT2D eigenvalue weighted by molar-refractivity contribution is 5.77. The Labute approximate surface area is 107 Å². The molecule has 1 aliphatic rings. The van der Waals surface area contributed by atoms with Crippen molar-refractivity contribution in [3.8, 4) is 5.75 Å². The number of rotatable bonds is 5. The minimum atomic E-state index is -0.105. The molecule has 0 aliphatic carbocycles. The van der Waals surface area contributed by atoms with Crippen molar-refractivity contribution in [2.24, 2.45) is 0 Å². The Kier molecular flexibility index (Phi) is 4.59. The third-order valence-electron chi connectivity index (χ3n) is 2.94. The quantitative estimate of drug-likeness (QED) is 0.863. The second kappa shape index (κ2) is 6.40. The van der Waals surface area contributed by atoms with Crippen LogP contribution in [0.1, 0.15) is 18.4 Å². The van der Waals surface area contributed by atoms with E-state index in [0.717, 1.165) is 19.4 Å². The van der Waals surface area contributed by atoms with Crippen molar-refractivity contribution >= 4 is 5.91 Å². The van der Waals surface area contributed by atoms with E-state index in [-0.39, 0.29) is 18.6 Å². The molecule has 0 bridgehead atoms. The molecular formula is C14H19NO3. The van der Waals surface area contributed by atoms with Crippen molar-refractivity contribution in [2.75, 3.05) is 19.8 Å². The van der Waals surface area contributed by atoms with Crippen LogP contribution < -0.4 is 10.1 Å². The number of carbonyl (C=O) groups excluding carboxylic acids is 1. The molecule has 1 N–H and O–H groups in total. The van der Waals surface area contributed by atoms with Gasteiger partial charge in [0.1, 0.15) is 5.75 Å². The summed E-state index contributed by atoms with van der Waals surface area (Å²) in [6.45, 7) is 3.45. The van der Waals surface area contributed by atoms with Gasteiger partial charge in [0.2, 0.25) is 0 Å². The molecule has 1 heterocycles. The summed E-state index contributed by atoms with van der Waals surface area (Å²) in [5, 5.41) is 2.82. The molecule has 1 saturated heterocycles. The second-order valence-corrected chi connectivity index (χ2v) is 4.54. The van der Waals surface area contributed by atoms with Crippen LogP contribution in [0.25, 0.3) is 0 Å². The largest absolute Gasteiger partial charge is 0.484 e. The normalized spacial score (nSPS) is 18.6. The predicted molar refractivity (Wildman–Crippen MR) is 68.7 cm³/mol. The summed E-state index contributed by atoms with van der Waals surface area (Å²) in [7, 11) is 0. The van der Waals surface area contributed by atoms with E-state index in [0.29, 0.717) is 12.3 Å². The fourth-order valence-corrected chi connectivity index (χ4v) is 1.87. The lowest BCUT2D eigenvalue weighted by Gasteiger charge is -2.11. The van der Waals surface area contributed by atoms with Crippen LogP contribution in [0.5, 0.6) is 5.75 Å². The van der Waals surface area contributed by atoms with E-state index < -0.39 is 0 Å². The first-order valence-corrected chi connectivity index (χ1v) is 6.32. The minimum absolute atomic E-state index is 0.0514. The average Bonchev–Trinajstić information content (AvgIpc) is 2.89. The van der Waals surface area contributed by atoms with Crippen molar-refractivity contribution in [3.05, 3.63) is 29.8 Å². The Bertz CT molecular complexity index is 383. The van der Waals surface area contributed by atoms with Crippen LogP contribution in [0.2, 0.25) is 0 Å². The average molecular weight is 249 g/mol. The van der Waals surface area contributed by atoms with Crippen LogP contribution in [0, 0.1) is 6.92 Å². The molecule has 0 spiro atoms. The van der Waals surface area contributed by atoms with E-state index in [1.54, 1.807) is 0 Å². The van der Waals surface area contributed by atoms with Gasteiger partial charge in [-0.15, -0.1) is 0 Å². The Morgan fingerprint density at radius 2 is 2.22 bits per heavy atom. The highest BCUT2D eigenvalue weighted by atomic mass is 16.5. The number of hydrogen-bond donors (Lipinski definition) is 1. The minimum Gasteiger partial charge on any atom is -0.484 e. The maximum atomic E-state index is 11.5. The van der Waals surface area contributed by atoms with Gasteiger partial charge in [0.25, 0.3) is 5.91 Å².